The molecular formula is C12H13NO5. The SMILES string of the molecule is COc1cccc(N2CCC(C(=O)O)OC2=O)c1. The van der Waals surface area contributed by atoms with Gasteiger partial charge in [-0.15, -0.1) is 0 Å². The predicted molar refractivity (Wildman–Crippen MR) is 62.9 cm³/mol. The molecule has 1 aliphatic heterocycles. The molecule has 1 fully saturated rings. The second-order valence-electron chi connectivity index (χ2n) is 3.85. The number of carbonyl (C=O) groups is 2. The monoisotopic (exact) mass is 251 g/mol. The number of benzene rings is 1. The molecule has 18 heavy (non-hydrogen) atoms. The number of hydrogen-bond acceptors (Lipinski definition) is 4. The van der Waals surface area contributed by atoms with E-state index >= 15 is 0 Å². The van der Waals surface area contributed by atoms with Crippen molar-refractivity contribution in [3.05, 3.63) is 24.3 Å². The molecule has 1 atom stereocenters. The van der Waals surface area contributed by atoms with E-state index in [1.165, 1.54) is 12.0 Å². The van der Waals surface area contributed by atoms with Gasteiger partial charge in [-0.05, 0) is 12.1 Å². The number of anilines is 1. The quantitative estimate of drug-likeness (QED) is 0.880. The summed E-state index contributed by atoms with van der Waals surface area (Å²) in [6.45, 7) is 0.308. The summed E-state index contributed by atoms with van der Waals surface area (Å²) in [7, 11) is 1.54. The van der Waals surface area contributed by atoms with E-state index < -0.39 is 18.2 Å². The molecule has 0 spiro atoms. The third-order valence-corrected chi connectivity index (χ3v) is 2.72. The molecule has 1 aromatic carbocycles. The highest BCUT2D eigenvalue weighted by molar-refractivity contribution is 5.91. The number of ether oxygens (including phenoxy) is 2. The summed E-state index contributed by atoms with van der Waals surface area (Å²) < 4.78 is 9.90. The first-order valence-corrected chi connectivity index (χ1v) is 5.47. The van der Waals surface area contributed by atoms with Gasteiger partial charge in [0.2, 0.25) is 6.10 Å². The first-order valence-electron chi connectivity index (χ1n) is 5.47. The van der Waals surface area contributed by atoms with Crippen LogP contribution in [0.2, 0.25) is 0 Å². The largest absolute Gasteiger partial charge is 0.497 e. The van der Waals surface area contributed by atoms with Crippen molar-refractivity contribution in [2.45, 2.75) is 12.5 Å². The Bertz CT molecular complexity index is 473. The van der Waals surface area contributed by atoms with Crippen LogP contribution in [0.1, 0.15) is 6.42 Å². The number of rotatable bonds is 3. The third-order valence-electron chi connectivity index (χ3n) is 2.72. The maximum atomic E-state index is 11.7. The third kappa shape index (κ3) is 2.37. The van der Waals surface area contributed by atoms with Crippen molar-refractivity contribution < 1.29 is 24.2 Å². The van der Waals surface area contributed by atoms with Gasteiger partial charge < -0.3 is 14.6 Å². The number of hydrogen-bond donors (Lipinski definition) is 1. The fraction of sp³-hybridized carbons (Fsp3) is 0.333. The van der Waals surface area contributed by atoms with Crippen molar-refractivity contribution in [2.75, 3.05) is 18.6 Å². The molecule has 0 saturated carbocycles. The summed E-state index contributed by atoms with van der Waals surface area (Å²) in [5, 5.41) is 8.78. The molecule has 1 saturated heterocycles. The second kappa shape index (κ2) is 4.95. The zero-order chi connectivity index (χ0) is 13.1. The Hall–Kier alpha value is -2.24. The molecular weight excluding hydrogens is 238 g/mol. The number of carbonyl (C=O) groups excluding carboxylic acids is 1. The maximum absolute atomic E-state index is 11.7. The van der Waals surface area contributed by atoms with Crippen molar-refractivity contribution >= 4 is 17.7 Å². The summed E-state index contributed by atoms with van der Waals surface area (Å²) >= 11 is 0. The van der Waals surface area contributed by atoms with Gasteiger partial charge in [-0.1, -0.05) is 6.07 Å². The van der Waals surface area contributed by atoms with Crippen molar-refractivity contribution in [3.8, 4) is 5.75 Å². The van der Waals surface area contributed by atoms with E-state index in [4.69, 9.17) is 14.6 Å². The van der Waals surface area contributed by atoms with Crippen molar-refractivity contribution in [3.63, 3.8) is 0 Å². The molecule has 1 aromatic rings. The molecule has 1 aliphatic rings. The average molecular weight is 251 g/mol. The van der Waals surface area contributed by atoms with Crippen LogP contribution >= 0.6 is 0 Å². The predicted octanol–water partition coefficient (Wildman–Crippen LogP) is 1.50. The Morgan fingerprint density at radius 3 is 2.94 bits per heavy atom. The Labute approximate surface area is 104 Å². The highest BCUT2D eigenvalue weighted by atomic mass is 16.6. The Kier molecular flexibility index (Phi) is 3.36. The van der Waals surface area contributed by atoms with Crippen LogP contribution in [0.15, 0.2) is 24.3 Å². The lowest BCUT2D eigenvalue weighted by Crippen LogP contribution is -2.44. The Morgan fingerprint density at radius 2 is 2.33 bits per heavy atom. The van der Waals surface area contributed by atoms with Crippen LogP contribution < -0.4 is 9.64 Å². The highest BCUT2D eigenvalue weighted by Gasteiger charge is 2.32. The van der Waals surface area contributed by atoms with E-state index in [9.17, 15) is 9.59 Å². The smallest absolute Gasteiger partial charge is 0.415 e. The summed E-state index contributed by atoms with van der Waals surface area (Å²) in [6, 6.07) is 6.96. The van der Waals surface area contributed by atoms with Crippen LogP contribution in [0.3, 0.4) is 0 Å². The van der Waals surface area contributed by atoms with Crippen LogP contribution in [-0.4, -0.2) is 36.9 Å². The number of carboxylic acid groups (broad SMARTS) is 1. The van der Waals surface area contributed by atoms with Gasteiger partial charge in [-0.25, -0.2) is 9.59 Å². The molecule has 0 aliphatic carbocycles. The molecule has 6 nitrogen and oxygen atoms in total. The van der Waals surface area contributed by atoms with Crippen LogP contribution in [0, 0.1) is 0 Å². The van der Waals surface area contributed by atoms with Gasteiger partial charge >= 0.3 is 12.1 Å². The fourth-order valence-corrected chi connectivity index (χ4v) is 1.77. The van der Waals surface area contributed by atoms with Gasteiger partial charge in [-0.2, -0.15) is 0 Å². The Morgan fingerprint density at radius 1 is 1.56 bits per heavy atom. The van der Waals surface area contributed by atoms with Crippen molar-refractivity contribution in [1.29, 1.82) is 0 Å². The number of carboxylic acids is 1. The van der Waals surface area contributed by atoms with Crippen LogP contribution in [0.4, 0.5) is 10.5 Å². The van der Waals surface area contributed by atoms with Crippen LogP contribution in [-0.2, 0) is 9.53 Å². The average Bonchev–Trinajstić information content (AvgIpc) is 2.38. The number of amides is 1. The van der Waals surface area contributed by atoms with Crippen molar-refractivity contribution in [1.82, 2.24) is 0 Å². The lowest BCUT2D eigenvalue weighted by molar-refractivity contribution is -0.147. The van der Waals surface area contributed by atoms with Gasteiger partial charge in [0.1, 0.15) is 5.75 Å². The van der Waals surface area contributed by atoms with E-state index in [1.54, 1.807) is 24.3 Å². The van der Waals surface area contributed by atoms with E-state index in [0.717, 1.165) is 0 Å². The summed E-state index contributed by atoms with van der Waals surface area (Å²) in [5.41, 5.74) is 0.628. The molecule has 1 N–H and O–H groups in total. The molecule has 0 radical (unpaired) electrons. The summed E-state index contributed by atoms with van der Waals surface area (Å²) in [6.07, 6.45) is -1.44. The zero-order valence-electron chi connectivity index (χ0n) is 9.83. The highest BCUT2D eigenvalue weighted by Crippen LogP contribution is 2.24. The normalized spacial score (nSPS) is 19.3. The van der Waals surface area contributed by atoms with Crippen molar-refractivity contribution in [2.24, 2.45) is 0 Å². The summed E-state index contributed by atoms with van der Waals surface area (Å²) in [5.74, 6) is -0.491. The lowest BCUT2D eigenvalue weighted by Gasteiger charge is -2.29. The topological polar surface area (TPSA) is 76.1 Å². The maximum Gasteiger partial charge on any atom is 0.415 e. The molecule has 1 amide bonds. The lowest BCUT2D eigenvalue weighted by atomic mass is 10.2. The Balaban J connectivity index is 2.15. The molecule has 0 aromatic heterocycles. The number of aliphatic carboxylic acids is 1. The molecule has 0 bridgehead atoms. The minimum atomic E-state index is -1.12. The fourth-order valence-electron chi connectivity index (χ4n) is 1.77. The molecule has 2 rings (SSSR count). The second-order valence-corrected chi connectivity index (χ2v) is 3.85. The minimum Gasteiger partial charge on any atom is -0.497 e. The van der Waals surface area contributed by atoms with Gasteiger partial charge in [0.15, 0.2) is 0 Å². The first kappa shape index (κ1) is 12.2. The standard InChI is InChI=1S/C12H13NO5/c1-17-9-4-2-3-8(7-9)13-6-5-10(11(14)15)18-12(13)16/h2-4,7,10H,5-6H2,1H3,(H,14,15). The van der Waals surface area contributed by atoms with Gasteiger partial charge in [-0.3, -0.25) is 4.90 Å². The van der Waals surface area contributed by atoms with Gasteiger partial charge in [0.25, 0.3) is 0 Å². The number of methoxy groups -OCH3 is 1. The summed E-state index contributed by atoms with van der Waals surface area (Å²) in [4.78, 5) is 23.8. The zero-order valence-corrected chi connectivity index (χ0v) is 9.83. The number of nitrogens with zero attached hydrogens (tertiary/aromatic N) is 1. The van der Waals surface area contributed by atoms with E-state index in [2.05, 4.69) is 0 Å². The van der Waals surface area contributed by atoms with E-state index in [-0.39, 0.29) is 6.42 Å². The van der Waals surface area contributed by atoms with Gasteiger partial charge in [0.05, 0.1) is 12.8 Å². The molecule has 1 unspecified atom stereocenters. The molecule has 1 heterocycles. The molecule has 6 heteroatoms. The van der Waals surface area contributed by atoms with E-state index in [0.29, 0.717) is 18.0 Å². The van der Waals surface area contributed by atoms with Crippen LogP contribution in [0.5, 0.6) is 5.75 Å². The number of cyclic esters (lactones) is 1. The molecule has 96 valence electrons. The van der Waals surface area contributed by atoms with Gasteiger partial charge in [0, 0.05) is 19.0 Å². The minimum absolute atomic E-state index is 0.262. The van der Waals surface area contributed by atoms with E-state index in [1.807, 2.05) is 0 Å². The first-order chi connectivity index (χ1) is 8.61. The van der Waals surface area contributed by atoms with Crippen LogP contribution in [0.25, 0.3) is 0 Å².